The molecule has 1 aliphatic rings. The lowest BCUT2D eigenvalue weighted by atomic mass is 9.97. The molecule has 4 heteroatoms. The molecule has 1 atom stereocenters. The third-order valence-corrected chi connectivity index (χ3v) is 3.43. The number of benzene rings is 1. The molecule has 96 valence electrons. The maximum atomic E-state index is 12.3. The van der Waals surface area contributed by atoms with Gasteiger partial charge < -0.3 is 10.0 Å². The zero-order chi connectivity index (χ0) is 13.1. The molecule has 1 N–H and O–H groups in total. The summed E-state index contributed by atoms with van der Waals surface area (Å²) in [6.45, 7) is 2.87. The highest BCUT2D eigenvalue weighted by Gasteiger charge is 2.28. The first-order valence-corrected chi connectivity index (χ1v) is 6.17. The molecule has 0 aliphatic carbocycles. The van der Waals surface area contributed by atoms with Gasteiger partial charge in [0.2, 0.25) is 0 Å². The Balaban J connectivity index is 2.14. The van der Waals surface area contributed by atoms with Crippen molar-refractivity contribution < 1.29 is 14.7 Å². The summed E-state index contributed by atoms with van der Waals surface area (Å²) in [6.07, 6.45) is 1.42. The van der Waals surface area contributed by atoms with Gasteiger partial charge in [-0.15, -0.1) is 0 Å². The van der Waals surface area contributed by atoms with E-state index in [1.165, 1.54) is 0 Å². The molecular weight excluding hydrogens is 230 g/mol. The molecule has 1 aromatic carbocycles. The van der Waals surface area contributed by atoms with Gasteiger partial charge in [0.1, 0.15) is 0 Å². The standard InChI is InChI=1S/C14H17NO3/c1-10-5-2-3-7-12(10)13(16)15-8-4-6-11(9-15)14(17)18/h2-3,5,7,11H,4,6,8-9H2,1H3,(H,17,18)/t11-/m1/s1. The second-order valence-corrected chi connectivity index (χ2v) is 4.74. The molecule has 1 aliphatic heterocycles. The molecule has 0 saturated carbocycles. The first kappa shape index (κ1) is 12.6. The molecule has 18 heavy (non-hydrogen) atoms. The van der Waals surface area contributed by atoms with E-state index in [1.54, 1.807) is 11.0 Å². The van der Waals surface area contributed by atoms with Gasteiger partial charge in [0.25, 0.3) is 5.91 Å². The minimum Gasteiger partial charge on any atom is -0.481 e. The van der Waals surface area contributed by atoms with Crippen molar-refractivity contribution in [2.45, 2.75) is 19.8 Å². The quantitative estimate of drug-likeness (QED) is 0.868. The molecule has 1 heterocycles. The number of likely N-dealkylation sites (tertiary alicyclic amines) is 1. The van der Waals surface area contributed by atoms with Gasteiger partial charge in [-0.25, -0.2) is 0 Å². The molecule has 1 saturated heterocycles. The Labute approximate surface area is 106 Å². The predicted molar refractivity (Wildman–Crippen MR) is 67.4 cm³/mol. The van der Waals surface area contributed by atoms with E-state index >= 15 is 0 Å². The topological polar surface area (TPSA) is 57.6 Å². The Kier molecular flexibility index (Phi) is 3.65. The van der Waals surface area contributed by atoms with E-state index in [-0.39, 0.29) is 5.91 Å². The van der Waals surface area contributed by atoms with Crippen LogP contribution in [0, 0.1) is 12.8 Å². The van der Waals surface area contributed by atoms with E-state index in [1.807, 2.05) is 25.1 Å². The first-order valence-electron chi connectivity index (χ1n) is 6.17. The number of aliphatic carboxylic acids is 1. The third kappa shape index (κ3) is 2.53. The van der Waals surface area contributed by atoms with Gasteiger partial charge in [0.05, 0.1) is 5.92 Å². The number of carboxylic acids is 1. The summed E-state index contributed by atoms with van der Waals surface area (Å²) in [5.74, 6) is -1.29. The number of hydrogen-bond donors (Lipinski definition) is 1. The minimum atomic E-state index is -0.808. The number of piperidine rings is 1. The lowest BCUT2D eigenvalue weighted by Gasteiger charge is -2.31. The Morgan fingerprint density at radius 2 is 2.06 bits per heavy atom. The Bertz CT molecular complexity index is 470. The number of carboxylic acid groups (broad SMARTS) is 1. The Morgan fingerprint density at radius 1 is 1.33 bits per heavy atom. The van der Waals surface area contributed by atoms with E-state index in [2.05, 4.69) is 0 Å². The highest BCUT2D eigenvalue weighted by molar-refractivity contribution is 5.95. The van der Waals surface area contributed by atoms with Gasteiger partial charge in [-0.1, -0.05) is 18.2 Å². The summed E-state index contributed by atoms with van der Waals surface area (Å²) in [6, 6.07) is 7.41. The smallest absolute Gasteiger partial charge is 0.308 e. The zero-order valence-electron chi connectivity index (χ0n) is 10.4. The third-order valence-electron chi connectivity index (χ3n) is 3.43. The number of carbonyl (C=O) groups is 2. The van der Waals surface area contributed by atoms with Crippen molar-refractivity contribution in [2.75, 3.05) is 13.1 Å². The molecule has 0 unspecified atom stereocenters. The van der Waals surface area contributed by atoms with Crippen molar-refractivity contribution >= 4 is 11.9 Å². The Hall–Kier alpha value is -1.84. The van der Waals surface area contributed by atoms with Gasteiger partial charge in [0.15, 0.2) is 0 Å². The van der Waals surface area contributed by atoms with Crippen LogP contribution in [0.5, 0.6) is 0 Å². The van der Waals surface area contributed by atoms with Crippen molar-refractivity contribution in [3.05, 3.63) is 35.4 Å². The molecule has 1 fully saturated rings. The van der Waals surface area contributed by atoms with Gasteiger partial charge >= 0.3 is 5.97 Å². The van der Waals surface area contributed by atoms with Crippen LogP contribution < -0.4 is 0 Å². The molecule has 0 radical (unpaired) electrons. The van der Waals surface area contributed by atoms with E-state index in [0.29, 0.717) is 25.1 Å². The van der Waals surface area contributed by atoms with Crippen LogP contribution in [0.25, 0.3) is 0 Å². The summed E-state index contributed by atoms with van der Waals surface area (Å²) < 4.78 is 0. The SMILES string of the molecule is Cc1ccccc1C(=O)N1CCC[C@@H](C(=O)O)C1. The highest BCUT2D eigenvalue weighted by atomic mass is 16.4. The lowest BCUT2D eigenvalue weighted by molar-refractivity contribution is -0.143. The molecule has 4 nitrogen and oxygen atoms in total. The van der Waals surface area contributed by atoms with Gasteiger partial charge in [0, 0.05) is 18.7 Å². The van der Waals surface area contributed by atoms with E-state index < -0.39 is 11.9 Å². The minimum absolute atomic E-state index is 0.0564. The van der Waals surface area contributed by atoms with Crippen LogP contribution in [-0.4, -0.2) is 35.0 Å². The monoisotopic (exact) mass is 247 g/mol. The van der Waals surface area contributed by atoms with Crippen LogP contribution in [-0.2, 0) is 4.79 Å². The van der Waals surface area contributed by atoms with Gasteiger partial charge in [-0.3, -0.25) is 9.59 Å². The van der Waals surface area contributed by atoms with Crippen molar-refractivity contribution in [3.8, 4) is 0 Å². The second-order valence-electron chi connectivity index (χ2n) is 4.74. The molecule has 0 bridgehead atoms. The fourth-order valence-electron chi connectivity index (χ4n) is 2.35. The lowest BCUT2D eigenvalue weighted by Crippen LogP contribution is -2.42. The van der Waals surface area contributed by atoms with Gasteiger partial charge in [-0.2, -0.15) is 0 Å². The molecule has 2 rings (SSSR count). The van der Waals surface area contributed by atoms with Crippen LogP contribution in [0.1, 0.15) is 28.8 Å². The van der Waals surface area contributed by atoms with E-state index in [9.17, 15) is 9.59 Å². The fourth-order valence-corrected chi connectivity index (χ4v) is 2.35. The molecule has 1 aromatic rings. The largest absolute Gasteiger partial charge is 0.481 e. The van der Waals surface area contributed by atoms with Crippen LogP contribution >= 0.6 is 0 Å². The van der Waals surface area contributed by atoms with Crippen molar-refractivity contribution in [2.24, 2.45) is 5.92 Å². The van der Waals surface area contributed by atoms with Crippen LogP contribution in [0.15, 0.2) is 24.3 Å². The number of rotatable bonds is 2. The average molecular weight is 247 g/mol. The van der Waals surface area contributed by atoms with E-state index in [4.69, 9.17) is 5.11 Å². The summed E-state index contributed by atoms with van der Waals surface area (Å²) in [5.41, 5.74) is 1.60. The number of aryl methyl sites for hydroxylation is 1. The number of nitrogens with zero attached hydrogens (tertiary/aromatic N) is 1. The zero-order valence-corrected chi connectivity index (χ0v) is 10.4. The highest BCUT2D eigenvalue weighted by Crippen LogP contribution is 2.20. The average Bonchev–Trinajstić information content (AvgIpc) is 2.38. The molecule has 0 spiro atoms. The Morgan fingerprint density at radius 3 is 2.72 bits per heavy atom. The number of amides is 1. The van der Waals surface area contributed by atoms with E-state index in [0.717, 1.165) is 12.0 Å². The fraction of sp³-hybridized carbons (Fsp3) is 0.429. The van der Waals surface area contributed by atoms with Crippen molar-refractivity contribution in [1.82, 2.24) is 4.90 Å². The summed E-state index contributed by atoms with van der Waals surface area (Å²) in [7, 11) is 0. The number of carbonyl (C=O) groups excluding carboxylic acids is 1. The summed E-state index contributed by atoms with van der Waals surface area (Å²) in [5, 5.41) is 9.02. The normalized spacial score (nSPS) is 19.6. The van der Waals surface area contributed by atoms with Crippen LogP contribution in [0.3, 0.4) is 0 Å². The summed E-state index contributed by atoms with van der Waals surface area (Å²) in [4.78, 5) is 25.0. The molecule has 1 amide bonds. The second kappa shape index (κ2) is 5.21. The van der Waals surface area contributed by atoms with Gasteiger partial charge in [-0.05, 0) is 31.4 Å². The first-order chi connectivity index (χ1) is 8.59. The maximum Gasteiger partial charge on any atom is 0.308 e. The molecular formula is C14H17NO3. The van der Waals surface area contributed by atoms with Crippen LogP contribution in [0.2, 0.25) is 0 Å². The summed E-state index contributed by atoms with van der Waals surface area (Å²) >= 11 is 0. The van der Waals surface area contributed by atoms with Crippen molar-refractivity contribution in [3.63, 3.8) is 0 Å². The predicted octanol–water partition coefficient (Wildman–Crippen LogP) is 1.93. The molecule has 0 aromatic heterocycles. The number of hydrogen-bond acceptors (Lipinski definition) is 2. The van der Waals surface area contributed by atoms with Crippen molar-refractivity contribution in [1.29, 1.82) is 0 Å². The maximum absolute atomic E-state index is 12.3. The van der Waals surface area contributed by atoms with Crippen LogP contribution in [0.4, 0.5) is 0 Å².